The Morgan fingerprint density at radius 1 is 0.513 bits per heavy atom. The molecule has 2 aliphatic rings. The molecule has 0 saturated heterocycles. The van der Waals surface area contributed by atoms with Crippen LogP contribution in [0.3, 0.4) is 0 Å². The van der Waals surface area contributed by atoms with Gasteiger partial charge in [0.15, 0.2) is 10.3 Å². The molecule has 10 aromatic rings. The Bertz CT molecular complexity index is 3480. The van der Waals surface area contributed by atoms with Gasteiger partial charge in [0.25, 0.3) is 0 Å². The zero-order chi connectivity index (χ0) is 53.6. The van der Waals surface area contributed by atoms with Crippen molar-refractivity contribution in [2.45, 2.75) is 93.9 Å². The van der Waals surface area contributed by atoms with Crippen molar-refractivity contribution in [1.82, 2.24) is 28.7 Å². The van der Waals surface area contributed by atoms with Crippen LogP contribution in [-0.2, 0) is 12.8 Å². The van der Waals surface area contributed by atoms with Gasteiger partial charge in [0.1, 0.15) is 11.3 Å². The number of fused-ring (bicyclic) bond motifs is 2. The number of anilines is 6. The molecule has 12 heteroatoms. The molecule has 0 aliphatic heterocycles. The van der Waals surface area contributed by atoms with Crippen molar-refractivity contribution in [3.05, 3.63) is 205 Å². The van der Waals surface area contributed by atoms with Gasteiger partial charge >= 0.3 is 0 Å². The Kier molecular flexibility index (Phi) is 18.7. The van der Waals surface area contributed by atoms with Crippen LogP contribution in [0, 0.1) is 25.7 Å². The minimum Gasteiger partial charge on any atom is -0.355 e. The number of imidazole rings is 2. The third kappa shape index (κ3) is 13.7. The molecule has 4 aromatic carbocycles. The van der Waals surface area contributed by atoms with E-state index in [1.165, 1.54) is 48.1 Å². The standard InChI is InChI=1S/2C29H27N5S.3C2H6/c1-19-6-3-4-8-25(19)32-20(2)22-12-14-23(15-13-22)33-29-31-18-27(35-29)26-17-30-28-9-5-7-24(34(26)28)16-21-10-11-21;1-19-5-3-4-6-25(19)32-20(2)23-10-12-24(13-11-23)33-29-31-17-27(35-29)26-16-30-28-14-9-22(18-34(26)28)15-21-7-8-21;3*1-2/h3-9,12-15,17-18,21,32H,2,10-11,16H2,1H3,(H,31,33);3-6,9-14,16-18,21,32H,2,7-8,15H2,1H3,(H,31,33);3*1-2H3. The number of hydrogen-bond donors (Lipinski definition) is 4. The maximum absolute atomic E-state index is 4.65. The number of nitrogens with one attached hydrogen (secondary N) is 4. The summed E-state index contributed by atoms with van der Waals surface area (Å²) in [6, 6.07) is 43.7. The molecule has 2 fully saturated rings. The molecule has 76 heavy (non-hydrogen) atoms. The maximum atomic E-state index is 4.65. The van der Waals surface area contributed by atoms with Gasteiger partial charge in [0, 0.05) is 58.4 Å². The van der Waals surface area contributed by atoms with Gasteiger partial charge in [-0.05, 0) is 147 Å². The van der Waals surface area contributed by atoms with Crippen LogP contribution >= 0.6 is 22.7 Å². The van der Waals surface area contributed by atoms with Crippen molar-refractivity contribution in [3.8, 4) is 21.1 Å². The summed E-state index contributed by atoms with van der Waals surface area (Å²) in [7, 11) is 0. The number of thiazole rings is 2. The summed E-state index contributed by atoms with van der Waals surface area (Å²) in [6.07, 6.45) is 17.7. The molecule has 0 amide bonds. The van der Waals surface area contributed by atoms with Crippen LogP contribution < -0.4 is 21.3 Å². The summed E-state index contributed by atoms with van der Waals surface area (Å²) in [4.78, 5) is 20.7. The molecule has 0 bridgehead atoms. The van der Waals surface area contributed by atoms with E-state index in [0.717, 1.165) is 113 Å². The highest BCUT2D eigenvalue weighted by Crippen LogP contribution is 2.37. The molecule has 6 heterocycles. The van der Waals surface area contributed by atoms with E-state index in [4.69, 9.17) is 0 Å². The fourth-order valence-corrected chi connectivity index (χ4v) is 10.3. The minimum atomic E-state index is 0.820. The van der Waals surface area contributed by atoms with Crippen LogP contribution in [0.4, 0.5) is 33.0 Å². The third-order valence-electron chi connectivity index (χ3n) is 12.9. The van der Waals surface area contributed by atoms with E-state index in [1.54, 1.807) is 22.7 Å². The lowest BCUT2D eigenvalue weighted by Crippen LogP contribution is -1.99. The van der Waals surface area contributed by atoms with Crippen LogP contribution in [0.1, 0.15) is 101 Å². The Hall–Kier alpha value is -7.80. The van der Waals surface area contributed by atoms with E-state index in [1.807, 2.05) is 90.6 Å². The van der Waals surface area contributed by atoms with Crippen molar-refractivity contribution in [2.24, 2.45) is 11.8 Å². The first-order valence-corrected chi connectivity index (χ1v) is 28.5. The summed E-state index contributed by atoms with van der Waals surface area (Å²) in [5, 5.41) is 15.4. The molecule has 4 N–H and O–H groups in total. The second-order valence-corrected chi connectivity index (χ2v) is 20.4. The normalized spacial score (nSPS) is 12.4. The van der Waals surface area contributed by atoms with E-state index in [2.05, 4.69) is 186 Å². The van der Waals surface area contributed by atoms with Crippen LogP contribution in [0.15, 0.2) is 172 Å². The van der Waals surface area contributed by atoms with E-state index in [-0.39, 0.29) is 0 Å². The number of aryl methyl sites for hydroxylation is 2. The number of rotatable bonds is 16. The Balaban J connectivity index is 0.000000184. The SMILES string of the molecule is C=C(Nc1ccccc1C)c1ccc(Nc2ncc(-c3cnc4ccc(CC5CC5)cn34)s2)cc1.C=C(Nc1ccccc1C)c1ccc(Nc2ncc(-c3cnc4cccc(CC5CC5)n34)s2)cc1.CC.CC.CC. The molecule has 2 saturated carbocycles. The molecule has 0 radical (unpaired) electrons. The van der Waals surface area contributed by atoms with Gasteiger partial charge in [-0.25, -0.2) is 19.9 Å². The van der Waals surface area contributed by atoms with Crippen molar-refractivity contribution in [2.75, 3.05) is 21.3 Å². The number of pyridine rings is 2. The van der Waals surface area contributed by atoms with E-state index in [9.17, 15) is 0 Å². The third-order valence-corrected chi connectivity index (χ3v) is 14.8. The zero-order valence-electron chi connectivity index (χ0n) is 45.3. The quantitative estimate of drug-likeness (QED) is 0.0758. The van der Waals surface area contributed by atoms with Crippen LogP contribution in [-0.4, -0.2) is 28.7 Å². The molecule has 12 rings (SSSR count). The van der Waals surface area contributed by atoms with Crippen LogP contribution in [0.2, 0.25) is 0 Å². The van der Waals surface area contributed by atoms with Gasteiger partial charge in [-0.2, -0.15) is 0 Å². The van der Waals surface area contributed by atoms with E-state index >= 15 is 0 Å². The number of hydrogen-bond acceptors (Lipinski definition) is 10. The number of nitrogens with zero attached hydrogens (tertiary/aromatic N) is 6. The average Bonchev–Trinajstić information content (AvgIpc) is 4.23. The van der Waals surface area contributed by atoms with E-state index in [0.29, 0.717) is 0 Å². The smallest absolute Gasteiger partial charge is 0.187 e. The Morgan fingerprint density at radius 3 is 1.53 bits per heavy atom. The van der Waals surface area contributed by atoms with E-state index < -0.39 is 0 Å². The fraction of sp³-hybridized carbons (Fsp3) is 0.250. The average molecular weight is 1050 g/mol. The molecule has 0 unspecified atom stereocenters. The minimum absolute atomic E-state index is 0.820. The van der Waals surface area contributed by atoms with Gasteiger partial charge in [-0.15, -0.1) is 0 Å². The molecule has 2 aliphatic carbocycles. The van der Waals surface area contributed by atoms with Crippen molar-refractivity contribution < 1.29 is 0 Å². The van der Waals surface area contributed by atoms with Gasteiger partial charge in [0.05, 0.1) is 33.5 Å². The monoisotopic (exact) mass is 1040 g/mol. The van der Waals surface area contributed by atoms with Crippen molar-refractivity contribution in [3.63, 3.8) is 0 Å². The molecule has 10 nitrogen and oxygen atoms in total. The topological polar surface area (TPSA) is 108 Å². The molecule has 0 spiro atoms. The molecule has 390 valence electrons. The first-order valence-electron chi connectivity index (χ1n) is 26.9. The second kappa shape index (κ2) is 26.1. The summed E-state index contributed by atoms with van der Waals surface area (Å²) >= 11 is 3.28. The summed E-state index contributed by atoms with van der Waals surface area (Å²) in [6.45, 7) is 24.6. The highest BCUT2D eigenvalue weighted by Gasteiger charge is 2.24. The lowest BCUT2D eigenvalue weighted by Gasteiger charge is -2.12. The fourth-order valence-electron chi connectivity index (χ4n) is 8.59. The summed E-state index contributed by atoms with van der Waals surface area (Å²) < 4.78 is 4.48. The highest BCUT2D eigenvalue weighted by molar-refractivity contribution is 7.19. The summed E-state index contributed by atoms with van der Waals surface area (Å²) in [5.74, 6) is 1.68. The van der Waals surface area contributed by atoms with Gasteiger partial charge in [-0.3, -0.25) is 8.80 Å². The maximum Gasteiger partial charge on any atom is 0.187 e. The zero-order valence-corrected chi connectivity index (χ0v) is 47.0. The number of benzene rings is 4. The van der Waals surface area contributed by atoms with Gasteiger partial charge in [0.2, 0.25) is 0 Å². The van der Waals surface area contributed by atoms with Gasteiger partial charge in [-0.1, -0.05) is 150 Å². The number of aromatic nitrogens is 6. The van der Waals surface area contributed by atoms with Crippen molar-refractivity contribution >= 4 is 78.4 Å². The Labute approximate surface area is 457 Å². The van der Waals surface area contributed by atoms with Crippen LogP contribution in [0.25, 0.3) is 43.8 Å². The molecular weight excluding hydrogens is 973 g/mol. The van der Waals surface area contributed by atoms with Crippen LogP contribution in [0.5, 0.6) is 0 Å². The second-order valence-electron chi connectivity index (χ2n) is 18.4. The largest absolute Gasteiger partial charge is 0.355 e. The lowest BCUT2D eigenvalue weighted by atomic mass is 10.1. The first-order chi connectivity index (χ1) is 37.3. The number of para-hydroxylation sites is 2. The molecule has 6 aromatic heterocycles. The predicted octanol–water partition coefficient (Wildman–Crippen LogP) is 18.2. The van der Waals surface area contributed by atoms with Crippen molar-refractivity contribution in [1.29, 1.82) is 0 Å². The first kappa shape index (κ1) is 54.5. The lowest BCUT2D eigenvalue weighted by molar-refractivity contribution is 0.791. The predicted molar refractivity (Wildman–Crippen MR) is 327 cm³/mol. The summed E-state index contributed by atoms with van der Waals surface area (Å²) in [5.41, 5.74) is 17.2. The highest BCUT2D eigenvalue weighted by atomic mass is 32.1. The molecule has 0 atom stereocenters. The Morgan fingerprint density at radius 2 is 1.00 bits per heavy atom. The van der Waals surface area contributed by atoms with Gasteiger partial charge < -0.3 is 21.3 Å². The molecular formula is C64H72N10S2.